The number of halogens is 1. The molecule has 0 aromatic rings. The summed E-state index contributed by atoms with van der Waals surface area (Å²) in [4.78, 5) is 2.20. The number of hydrogen-bond acceptors (Lipinski definition) is 3. The SMILES string of the molecule is CCC1CN(C)CCCN1S(=O)(=O)CCCl. The molecule has 0 saturated carbocycles. The number of hydrogen-bond donors (Lipinski definition) is 0. The molecule has 1 unspecified atom stereocenters. The zero-order valence-electron chi connectivity index (χ0n) is 10.0. The summed E-state index contributed by atoms with van der Waals surface area (Å²) in [5, 5.41) is 0. The van der Waals surface area contributed by atoms with E-state index in [-0.39, 0.29) is 17.7 Å². The molecule has 1 saturated heterocycles. The van der Waals surface area contributed by atoms with E-state index in [9.17, 15) is 8.42 Å². The van der Waals surface area contributed by atoms with Crippen molar-refractivity contribution in [2.75, 3.05) is 38.3 Å². The first-order chi connectivity index (χ1) is 7.51. The van der Waals surface area contributed by atoms with Gasteiger partial charge in [0.2, 0.25) is 10.0 Å². The summed E-state index contributed by atoms with van der Waals surface area (Å²) in [6, 6.07) is 0.0979. The molecular weight excluding hydrogens is 248 g/mol. The van der Waals surface area contributed by atoms with Gasteiger partial charge in [0.1, 0.15) is 0 Å². The average molecular weight is 269 g/mol. The Kier molecular flexibility index (Phi) is 5.50. The number of nitrogens with zero attached hydrogens (tertiary/aromatic N) is 2. The van der Waals surface area contributed by atoms with E-state index in [0.29, 0.717) is 6.54 Å². The van der Waals surface area contributed by atoms with Crippen molar-refractivity contribution in [3.8, 4) is 0 Å². The van der Waals surface area contributed by atoms with Crippen LogP contribution in [0.3, 0.4) is 0 Å². The second kappa shape index (κ2) is 6.19. The third-order valence-corrected chi connectivity index (χ3v) is 5.34. The molecule has 0 N–H and O–H groups in total. The predicted molar refractivity (Wildman–Crippen MR) is 67.4 cm³/mol. The van der Waals surface area contributed by atoms with Crippen LogP contribution in [-0.2, 0) is 10.0 Å². The van der Waals surface area contributed by atoms with E-state index in [0.717, 1.165) is 25.9 Å². The summed E-state index contributed by atoms with van der Waals surface area (Å²) in [5.74, 6) is 0.222. The zero-order valence-corrected chi connectivity index (χ0v) is 11.6. The van der Waals surface area contributed by atoms with Crippen LogP contribution in [0, 0.1) is 0 Å². The molecule has 0 spiro atoms. The Balaban J connectivity index is 2.83. The molecule has 1 aliphatic heterocycles. The molecule has 0 amide bonds. The highest BCUT2D eigenvalue weighted by Gasteiger charge is 2.30. The Morgan fingerprint density at radius 3 is 2.62 bits per heavy atom. The Bertz CT molecular complexity index is 308. The van der Waals surface area contributed by atoms with Crippen LogP contribution >= 0.6 is 11.6 Å². The normalized spacial score (nSPS) is 25.6. The lowest BCUT2D eigenvalue weighted by molar-refractivity contribution is 0.270. The first-order valence-electron chi connectivity index (χ1n) is 5.75. The van der Waals surface area contributed by atoms with Crippen LogP contribution in [0.1, 0.15) is 19.8 Å². The van der Waals surface area contributed by atoms with Gasteiger partial charge in [-0.15, -0.1) is 11.6 Å². The summed E-state index contributed by atoms with van der Waals surface area (Å²) in [6.07, 6.45) is 1.75. The maximum absolute atomic E-state index is 12.0. The van der Waals surface area contributed by atoms with Crippen molar-refractivity contribution in [3.63, 3.8) is 0 Å². The molecule has 4 nitrogen and oxygen atoms in total. The maximum Gasteiger partial charge on any atom is 0.215 e. The fourth-order valence-electron chi connectivity index (χ4n) is 2.13. The molecule has 1 rings (SSSR count). The largest absolute Gasteiger partial charge is 0.305 e. The monoisotopic (exact) mass is 268 g/mol. The highest BCUT2D eigenvalue weighted by molar-refractivity contribution is 7.89. The smallest absolute Gasteiger partial charge is 0.215 e. The highest BCUT2D eigenvalue weighted by Crippen LogP contribution is 2.16. The maximum atomic E-state index is 12.0. The van der Waals surface area contributed by atoms with E-state index >= 15 is 0 Å². The molecule has 1 aliphatic rings. The quantitative estimate of drug-likeness (QED) is 0.714. The van der Waals surface area contributed by atoms with Crippen molar-refractivity contribution < 1.29 is 8.42 Å². The van der Waals surface area contributed by atoms with Gasteiger partial charge in [-0.3, -0.25) is 0 Å². The van der Waals surface area contributed by atoms with Gasteiger partial charge in [0.25, 0.3) is 0 Å². The standard InChI is InChI=1S/C10H21ClN2O2S/c1-3-10-9-12(2)6-4-7-13(10)16(14,15)8-5-11/h10H,3-9H2,1-2H3. The fraction of sp³-hybridized carbons (Fsp3) is 1.00. The molecular formula is C10H21ClN2O2S. The lowest BCUT2D eigenvalue weighted by Gasteiger charge is -2.29. The van der Waals surface area contributed by atoms with Crippen LogP contribution in [0.4, 0.5) is 0 Å². The van der Waals surface area contributed by atoms with E-state index in [1.807, 2.05) is 14.0 Å². The topological polar surface area (TPSA) is 40.6 Å². The van der Waals surface area contributed by atoms with Gasteiger partial charge in [-0.2, -0.15) is 4.31 Å². The molecule has 0 radical (unpaired) electrons. The lowest BCUT2D eigenvalue weighted by atomic mass is 10.2. The van der Waals surface area contributed by atoms with Crippen molar-refractivity contribution in [2.24, 2.45) is 0 Å². The number of likely N-dealkylation sites (N-methyl/N-ethyl adjacent to an activating group) is 1. The van der Waals surface area contributed by atoms with E-state index in [1.54, 1.807) is 4.31 Å². The molecule has 96 valence electrons. The Labute approximate surface area is 104 Å². The molecule has 0 aromatic heterocycles. The summed E-state index contributed by atoms with van der Waals surface area (Å²) >= 11 is 5.55. The van der Waals surface area contributed by atoms with Crippen LogP contribution in [0.5, 0.6) is 0 Å². The fourth-order valence-corrected chi connectivity index (χ4v) is 4.23. The summed E-state index contributed by atoms with van der Waals surface area (Å²) in [5.41, 5.74) is 0. The van der Waals surface area contributed by atoms with Crippen molar-refractivity contribution in [1.82, 2.24) is 9.21 Å². The molecule has 1 heterocycles. The van der Waals surface area contributed by atoms with Crippen LogP contribution in [0.2, 0.25) is 0 Å². The van der Waals surface area contributed by atoms with E-state index in [2.05, 4.69) is 4.90 Å². The van der Waals surface area contributed by atoms with Crippen molar-refractivity contribution in [3.05, 3.63) is 0 Å². The van der Waals surface area contributed by atoms with Gasteiger partial charge in [-0.25, -0.2) is 8.42 Å². The number of sulfonamides is 1. The van der Waals surface area contributed by atoms with Gasteiger partial charge in [-0.1, -0.05) is 6.92 Å². The van der Waals surface area contributed by atoms with E-state index in [4.69, 9.17) is 11.6 Å². The van der Waals surface area contributed by atoms with Crippen LogP contribution in [0.25, 0.3) is 0 Å². The van der Waals surface area contributed by atoms with Gasteiger partial charge in [0.15, 0.2) is 0 Å². The van der Waals surface area contributed by atoms with Gasteiger partial charge >= 0.3 is 0 Å². The minimum atomic E-state index is -3.17. The predicted octanol–water partition coefficient (Wildman–Crippen LogP) is 0.971. The zero-order chi connectivity index (χ0) is 12.2. The van der Waals surface area contributed by atoms with Crippen LogP contribution < -0.4 is 0 Å². The Morgan fingerprint density at radius 1 is 1.38 bits per heavy atom. The summed E-state index contributed by atoms with van der Waals surface area (Å²) in [6.45, 7) is 4.44. The van der Waals surface area contributed by atoms with Crippen molar-refractivity contribution in [1.29, 1.82) is 0 Å². The molecule has 16 heavy (non-hydrogen) atoms. The van der Waals surface area contributed by atoms with Crippen LogP contribution in [0.15, 0.2) is 0 Å². The van der Waals surface area contributed by atoms with Crippen molar-refractivity contribution >= 4 is 21.6 Å². The first kappa shape index (κ1) is 14.2. The molecule has 1 atom stereocenters. The molecule has 6 heteroatoms. The number of rotatable bonds is 4. The van der Waals surface area contributed by atoms with E-state index in [1.165, 1.54) is 0 Å². The summed E-state index contributed by atoms with van der Waals surface area (Å²) in [7, 11) is -1.12. The second-order valence-electron chi connectivity index (χ2n) is 4.29. The minimum absolute atomic E-state index is 0.0504. The second-order valence-corrected chi connectivity index (χ2v) is 6.71. The minimum Gasteiger partial charge on any atom is -0.305 e. The summed E-state index contributed by atoms with van der Waals surface area (Å²) < 4.78 is 25.7. The third kappa shape index (κ3) is 3.58. The lowest BCUT2D eigenvalue weighted by Crippen LogP contribution is -2.44. The highest BCUT2D eigenvalue weighted by atomic mass is 35.5. The molecule has 0 aromatic carbocycles. The number of alkyl halides is 1. The van der Waals surface area contributed by atoms with Gasteiger partial charge in [-0.05, 0) is 26.4 Å². The average Bonchev–Trinajstić information content (AvgIpc) is 2.39. The first-order valence-corrected chi connectivity index (χ1v) is 7.89. The van der Waals surface area contributed by atoms with Gasteiger partial charge in [0.05, 0.1) is 5.75 Å². The third-order valence-electron chi connectivity index (χ3n) is 3.01. The van der Waals surface area contributed by atoms with Crippen LogP contribution in [-0.4, -0.2) is 62.0 Å². The Hall–Kier alpha value is 0.160. The molecule has 1 fully saturated rings. The molecule has 0 bridgehead atoms. The van der Waals surface area contributed by atoms with Gasteiger partial charge < -0.3 is 4.90 Å². The molecule has 0 aliphatic carbocycles. The van der Waals surface area contributed by atoms with Gasteiger partial charge in [0, 0.05) is 25.0 Å². The van der Waals surface area contributed by atoms with E-state index < -0.39 is 10.0 Å². The van der Waals surface area contributed by atoms with Crippen molar-refractivity contribution in [2.45, 2.75) is 25.8 Å². The Morgan fingerprint density at radius 2 is 2.06 bits per heavy atom.